The topological polar surface area (TPSA) is 0 Å². The molecule has 228 valence electrons. The minimum atomic E-state index is -2.98. The molecule has 0 bridgehead atoms. The minimum Gasteiger partial charge on any atom is -0.147 e. The summed E-state index contributed by atoms with van der Waals surface area (Å²) in [4.78, 5) is 0. The van der Waals surface area contributed by atoms with Crippen LogP contribution in [0.15, 0.2) is 100 Å². The first kappa shape index (κ1) is 34.6. The van der Waals surface area contributed by atoms with Crippen molar-refractivity contribution in [3.05, 3.63) is 145 Å². The van der Waals surface area contributed by atoms with Gasteiger partial charge in [-0.15, -0.1) is 24.8 Å². The molecule has 0 saturated heterocycles. The van der Waals surface area contributed by atoms with Gasteiger partial charge in [-0.3, -0.25) is 0 Å². The standard InChI is InChI=1S/C21H25.C15H14.C5H5.2ClH.Hf/c1-20(2,3)16-7-9-18-14(12-16)11-15-13-17(21(4,5)6)8-10-19(15)18;1-12-3-7-14(8-4-12)11-15-9-5-13(2)6-10-15;1-2-4-5-3-1;;;/h7-10,12H,11H2,1-6H3;3-10H,1-2H3;1-3H,4H2;2*1H;. The Morgan fingerprint density at radius 3 is 1.73 bits per heavy atom. The molecular weight excluding hydrogens is 742 g/mol. The Morgan fingerprint density at radius 2 is 1.23 bits per heavy atom. The summed E-state index contributed by atoms with van der Waals surface area (Å²) in [6.45, 7) is 18.6. The van der Waals surface area contributed by atoms with Gasteiger partial charge in [-0.2, -0.15) is 0 Å². The zero-order chi connectivity index (χ0) is 29.8. The maximum absolute atomic E-state index is 2.98. The summed E-state index contributed by atoms with van der Waals surface area (Å²) in [7, 11) is 0. The molecule has 0 heterocycles. The average molecular weight is 788 g/mol. The van der Waals surface area contributed by atoms with Crippen molar-refractivity contribution in [2.24, 2.45) is 0 Å². The zero-order valence-electron chi connectivity index (χ0n) is 27.5. The summed E-state index contributed by atoms with van der Waals surface area (Å²) in [6.07, 6.45) is 9.30. The first-order chi connectivity index (χ1) is 19.9. The molecular formula is C41H46Cl2Hf. The number of allylic oxidation sites excluding steroid dienone is 4. The van der Waals surface area contributed by atoms with E-state index in [1.165, 1.54) is 44.5 Å². The fourth-order valence-electron chi connectivity index (χ4n) is 6.63. The number of benzene rings is 4. The van der Waals surface area contributed by atoms with Crippen molar-refractivity contribution in [3.63, 3.8) is 0 Å². The Morgan fingerprint density at radius 1 is 0.659 bits per heavy atom. The second kappa shape index (κ2) is 13.2. The summed E-state index contributed by atoms with van der Waals surface area (Å²) in [5, 5.41) is 0. The first-order valence-electron chi connectivity index (χ1n) is 15.5. The van der Waals surface area contributed by atoms with Crippen molar-refractivity contribution < 1.29 is 21.0 Å². The molecule has 0 amide bonds. The molecule has 3 heteroatoms. The van der Waals surface area contributed by atoms with Crippen LogP contribution in [0.2, 0.25) is 0 Å². The Balaban J connectivity index is 0.00000221. The third kappa shape index (κ3) is 6.62. The Labute approximate surface area is 285 Å². The van der Waals surface area contributed by atoms with E-state index in [1.54, 1.807) is 21.0 Å². The van der Waals surface area contributed by atoms with E-state index >= 15 is 0 Å². The van der Waals surface area contributed by atoms with Crippen molar-refractivity contribution >= 4 is 31.4 Å². The number of aryl methyl sites for hydroxylation is 2. The predicted octanol–water partition coefficient (Wildman–Crippen LogP) is 10.7. The van der Waals surface area contributed by atoms with E-state index in [2.05, 4.69) is 152 Å². The molecule has 6 rings (SSSR count). The maximum atomic E-state index is 2.50. The molecule has 2 aliphatic rings. The Kier molecular flexibility index (Phi) is 10.4. The van der Waals surface area contributed by atoms with Crippen molar-refractivity contribution in [3.8, 4) is 11.1 Å². The van der Waals surface area contributed by atoms with Crippen molar-refractivity contribution in [1.82, 2.24) is 0 Å². The molecule has 0 aromatic heterocycles. The Hall–Kier alpha value is -2.32. The average Bonchev–Trinajstić information content (AvgIpc) is 3.59. The van der Waals surface area contributed by atoms with Crippen LogP contribution >= 0.6 is 24.8 Å². The molecule has 0 saturated carbocycles. The van der Waals surface area contributed by atoms with Gasteiger partial charge in [0.1, 0.15) is 0 Å². The second-order valence-corrected chi connectivity index (χ2v) is 23.0. The summed E-state index contributed by atoms with van der Waals surface area (Å²) in [5.74, 6) is 0. The van der Waals surface area contributed by atoms with Crippen LogP contribution in [0.5, 0.6) is 0 Å². The summed E-state index contributed by atoms with van der Waals surface area (Å²) >= 11 is -2.98. The van der Waals surface area contributed by atoms with E-state index in [9.17, 15) is 0 Å². The molecule has 0 radical (unpaired) electrons. The van der Waals surface area contributed by atoms with Crippen LogP contribution in [0.4, 0.5) is 0 Å². The quantitative estimate of drug-likeness (QED) is 0.159. The maximum Gasteiger partial charge on any atom is -0.147 e. The SMILES string of the molecule is Cc1ccc([C](c2ccc(C)cc2)=[Hf]([C]2=CC=CC2)[c]2c(C(C)(C)C)ccc3c2Cc2cc(C(C)(C)C)ccc2-3)cc1.Cl.Cl. The largest absolute Gasteiger partial charge is 0.147 e. The van der Waals surface area contributed by atoms with Gasteiger partial charge in [0.05, 0.1) is 0 Å². The van der Waals surface area contributed by atoms with E-state index in [4.69, 9.17) is 0 Å². The van der Waals surface area contributed by atoms with Gasteiger partial charge >= 0.3 is 263 Å². The van der Waals surface area contributed by atoms with Crippen LogP contribution in [0.25, 0.3) is 11.1 Å². The number of halogens is 2. The van der Waals surface area contributed by atoms with Crippen molar-refractivity contribution in [2.45, 2.75) is 79.1 Å². The molecule has 44 heavy (non-hydrogen) atoms. The number of hydrogen-bond acceptors (Lipinski definition) is 0. The number of hydrogen-bond donors (Lipinski definition) is 0. The zero-order valence-corrected chi connectivity index (χ0v) is 32.7. The van der Waals surface area contributed by atoms with Crippen molar-refractivity contribution in [1.29, 1.82) is 0 Å². The Bertz CT molecular complexity index is 1720. The van der Waals surface area contributed by atoms with Crippen LogP contribution in [0, 0.1) is 13.8 Å². The van der Waals surface area contributed by atoms with Gasteiger partial charge in [-0.25, -0.2) is 0 Å². The van der Waals surface area contributed by atoms with Crippen LogP contribution in [0.3, 0.4) is 0 Å². The summed E-state index contributed by atoms with van der Waals surface area (Å²) in [6, 6.07) is 31.0. The van der Waals surface area contributed by atoms with E-state index < -0.39 is 21.0 Å². The van der Waals surface area contributed by atoms with Gasteiger partial charge in [0.25, 0.3) is 0 Å². The fourth-order valence-corrected chi connectivity index (χ4v) is 19.7. The molecule has 0 atom stereocenters. The van der Waals surface area contributed by atoms with Gasteiger partial charge in [0, 0.05) is 0 Å². The monoisotopic (exact) mass is 788 g/mol. The third-order valence-corrected chi connectivity index (χ3v) is 20.4. The first-order valence-corrected chi connectivity index (χ1v) is 20.9. The van der Waals surface area contributed by atoms with E-state index in [0.717, 1.165) is 12.8 Å². The van der Waals surface area contributed by atoms with Gasteiger partial charge in [0.2, 0.25) is 0 Å². The molecule has 0 aliphatic heterocycles. The molecule has 0 nitrogen and oxygen atoms in total. The number of rotatable bonds is 4. The van der Waals surface area contributed by atoms with Gasteiger partial charge in [0.15, 0.2) is 0 Å². The van der Waals surface area contributed by atoms with Crippen molar-refractivity contribution in [2.75, 3.05) is 0 Å². The van der Waals surface area contributed by atoms with Crippen LogP contribution in [-0.4, -0.2) is 3.26 Å². The smallest absolute Gasteiger partial charge is 0.147 e. The van der Waals surface area contributed by atoms with E-state index in [-0.39, 0.29) is 35.6 Å². The van der Waals surface area contributed by atoms with Crippen LogP contribution in [0.1, 0.15) is 92.5 Å². The van der Waals surface area contributed by atoms with Gasteiger partial charge in [-0.1, -0.05) is 0 Å². The van der Waals surface area contributed by atoms with Gasteiger partial charge < -0.3 is 0 Å². The predicted molar refractivity (Wildman–Crippen MR) is 194 cm³/mol. The molecule has 0 spiro atoms. The van der Waals surface area contributed by atoms with Crippen LogP contribution < -0.4 is 3.32 Å². The van der Waals surface area contributed by atoms with Gasteiger partial charge in [-0.05, 0) is 0 Å². The molecule has 0 N–H and O–H groups in total. The second-order valence-electron chi connectivity index (χ2n) is 14.4. The molecule has 4 aromatic carbocycles. The summed E-state index contributed by atoms with van der Waals surface area (Å²) in [5.41, 5.74) is 14.6. The normalized spacial score (nSPS) is 13.4. The molecule has 0 fully saturated rings. The van der Waals surface area contributed by atoms with E-state index in [1.807, 2.05) is 0 Å². The van der Waals surface area contributed by atoms with Crippen LogP contribution in [-0.2, 0) is 38.2 Å². The minimum absolute atomic E-state index is 0. The summed E-state index contributed by atoms with van der Waals surface area (Å²) < 4.78 is 5.05. The molecule has 2 aliphatic carbocycles. The fraction of sp³-hybridized carbons (Fsp3) is 0.293. The molecule has 0 unspecified atom stereocenters. The van der Waals surface area contributed by atoms with E-state index in [0.29, 0.717) is 0 Å². The third-order valence-electron chi connectivity index (χ3n) is 9.02. The molecule has 4 aromatic rings. The number of fused-ring (bicyclic) bond motifs is 3.